The number of alkyl halides is 3. The van der Waals surface area contributed by atoms with E-state index in [4.69, 9.17) is 10.5 Å². The first-order valence-electron chi connectivity index (χ1n) is 9.64. The minimum atomic E-state index is -4.46. The monoisotopic (exact) mass is 409 g/mol. The molecule has 1 aliphatic rings. The number of pyridine rings is 1. The lowest BCUT2D eigenvalue weighted by Gasteiger charge is -2.41. The van der Waals surface area contributed by atoms with E-state index in [1.54, 1.807) is 12.1 Å². The Kier molecular flexibility index (Phi) is 5.65. The summed E-state index contributed by atoms with van der Waals surface area (Å²) in [7, 11) is 0. The zero-order chi connectivity index (χ0) is 21.4. The molecule has 0 bridgehead atoms. The Morgan fingerprint density at radius 1 is 1.28 bits per heavy atom. The van der Waals surface area contributed by atoms with Crippen LogP contribution in [0.3, 0.4) is 0 Å². The number of carbonyl (C=O) groups is 1. The molecule has 3 rings (SSSR count). The quantitative estimate of drug-likeness (QED) is 0.773. The van der Waals surface area contributed by atoms with Crippen molar-refractivity contribution >= 4 is 22.7 Å². The molecule has 0 aliphatic carbocycles. The van der Waals surface area contributed by atoms with E-state index < -0.39 is 23.4 Å². The molecule has 0 spiro atoms. The van der Waals surface area contributed by atoms with E-state index >= 15 is 0 Å². The Morgan fingerprint density at radius 2 is 2.00 bits per heavy atom. The third-order valence-corrected chi connectivity index (χ3v) is 5.30. The number of fused-ring (bicyclic) bond motifs is 1. The second kappa shape index (κ2) is 7.72. The number of halogens is 3. The fourth-order valence-corrected chi connectivity index (χ4v) is 4.50. The van der Waals surface area contributed by atoms with E-state index in [-0.39, 0.29) is 11.4 Å². The van der Waals surface area contributed by atoms with Crippen molar-refractivity contribution < 1.29 is 22.7 Å². The minimum Gasteiger partial charge on any atom is -0.444 e. The maximum absolute atomic E-state index is 13.4. The number of nitrogens with two attached hydrogens (primary N) is 1. The first kappa shape index (κ1) is 21.2. The molecule has 2 atom stereocenters. The summed E-state index contributed by atoms with van der Waals surface area (Å²) in [4.78, 5) is 17.3. The maximum atomic E-state index is 13.4. The summed E-state index contributed by atoms with van der Waals surface area (Å²) in [5.74, 6) is 0.550. The van der Waals surface area contributed by atoms with Crippen molar-refractivity contribution in [2.24, 2.45) is 17.6 Å². The van der Waals surface area contributed by atoms with Crippen molar-refractivity contribution in [3.8, 4) is 0 Å². The molecule has 0 saturated carbocycles. The Labute approximate surface area is 168 Å². The Bertz CT molecular complexity index is 898. The molecule has 1 fully saturated rings. The minimum absolute atomic E-state index is 0.0373. The van der Waals surface area contributed by atoms with Gasteiger partial charge in [-0.1, -0.05) is 6.92 Å². The highest BCUT2D eigenvalue weighted by Gasteiger charge is 2.36. The van der Waals surface area contributed by atoms with E-state index in [1.807, 2.05) is 13.8 Å². The van der Waals surface area contributed by atoms with Crippen LogP contribution in [0.5, 0.6) is 0 Å². The third-order valence-electron chi connectivity index (χ3n) is 5.30. The van der Waals surface area contributed by atoms with Crippen LogP contribution in [0.2, 0.25) is 0 Å². The first-order valence-corrected chi connectivity index (χ1v) is 9.64. The van der Waals surface area contributed by atoms with Gasteiger partial charge in [-0.3, -0.25) is 4.98 Å². The van der Waals surface area contributed by atoms with Crippen LogP contribution < -0.4 is 10.6 Å². The van der Waals surface area contributed by atoms with Crippen LogP contribution in [0.4, 0.5) is 23.7 Å². The van der Waals surface area contributed by atoms with Crippen LogP contribution in [0.25, 0.3) is 10.9 Å². The molecule has 2 heterocycles. The van der Waals surface area contributed by atoms with Crippen molar-refractivity contribution in [1.29, 1.82) is 0 Å². The van der Waals surface area contributed by atoms with Gasteiger partial charge in [-0.2, -0.15) is 13.2 Å². The number of nitrogens with zero attached hydrogens (tertiary/aromatic N) is 2. The summed E-state index contributed by atoms with van der Waals surface area (Å²) in [6.07, 6.45) is -2.33. The molecular weight excluding hydrogens is 383 g/mol. The average Bonchev–Trinajstić information content (AvgIpc) is 2.57. The summed E-state index contributed by atoms with van der Waals surface area (Å²) >= 11 is 0. The number of aromatic nitrogens is 1. The van der Waals surface area contributed by atoms with Crippen LogP contribution in [0, 0.1) is 11.8 Å². The van der Waals surface area contributed by atoms with Crippen molar-refractivity contribution in [3.63, 3.8) is 0 Å². The molecule has 29 heavy (non-hydrogen) atoms. The number of piperidine rings is 1. The number of hydrogen-bond acceptors (Lipinski definition) is 4. The molecule has 8 heteroatoms. The van der Waals surface area contributed by atoms with Crippen molar-refractivity contribution in [2.45, 2.75) is 45.4 Å². The molecule has 158 valence electrons. The van der Waals surface area contributed by atoms with E-state index in [1.165, 1.54) is 12.3 Å². The number of amides is 1. The molecule has 1 amide bonds. The largest absolute Gasteiger partial charge is 0.444 e. The molecule has 1 saturated heterocycles. The van der Waals surface area contributed by atoms with Crippen LogP contribution in [0.1, 0.15) is 39.2 Å². The molecular formula is C21H26F3N3O2. The van der Waals surface area contributed by atoms with Crippen LogP contribution in [-0.2, 0) is 10.9 Å². The van der Waals surface area contributed by atoms with E-state index in [0.717, 1.165) is 24.7 Å². The standard InChI is InChI=1S/C21H26F3N3O2/c1-13-9-14(10-20(2,3)29-19(25)28)12-27(11-13)17-7-6-16(21(22,23)24)18-15(17)5-4-8-26-18/h4-8,13-14H,9-12H2,1-3H3,(H2,25,28)/t13-,14+/m0/s1. The van der Waals surface area contributed by atoms with Crippen molar-refractivity contribution in [2.75, 3.05) is 18.0 Å². The van der Waals surface area contributed by atoms with Gasteiger partial charge in [0.2, 0.25) is 0 Å². The molecule has 1 aromatic heterocycles. The summed E-state index contributed by atoms with van der Waals surface area (Å²) in [6, 6.07) is 5.98. The van der Waals surface area contributed by atoms with Gasteiger partial charge >= 0.3 is 12.3 Å². The number of anilines is 1. The van der Waals surface area contributed by atoms with Crippen LogP contribution >= 0.6 is 0 Å². The highest BCUT2D eigenvalue weighted by Crippen LogP contribution is 2.39. The number of hydrogen-bond donors (Lipinski definition) is 1. The number of rotatable bonds is 4. The lowest BCUT2D eigenvalue weighted by atomic mass is 9.83. The summed E-state index contributed by atoms with van der Waals surface area (Å²) in [5, 5.41) is 0.489. The third kappa shape index (κ3) is 4.92. The van der Waals surface area contributed by atoms with Crippen LogP contribution in [-0.4, -0.2) is 29.8 Å². The molecule has 0 radical (unpaired) electrons. The molecule has 1 aromatic carbocycles. The fourth-order valence-electron chi connectivity index (χ4n) is 4.50. The molecule has 2 N–H and O–H groups in total. The highest BCUT2D eigenvalue weighted by atomic mass is 19.4. The molecule has 0 unspecified atom stereocenters. The van der Waals surface area contributed by atoms with Gasteiger partial charge in [0.1, 0.15) is 5.60 Å². The molecule has 1 aliphatic heterocycles. The summed E-state index contributed by atoms with van der Waals surface area (Å²) in [5.41, 5.74) is 4.44. The van der Waals surface area contributed by atoms with Gasteiger partial charge in [-0.15, -0.1) is 0 Å². The van der Waals surface area contributed by atoms with Crippen molar-refractivity contribution in [1.82, 2.24) is 4.98 Å². The normalized spacial score (nSPS) is 20.7. The van der Waals surface area contributed by atoms with Gasteiger partial charge in [0, 0.05) is 30.4 Å². The van der Waals surface area contributed by atoms with Gasteiger partial charge in [0.05, 0.1) is 11.1 Å². The second-order valence-electron chi connectivity index (χ2n) is 8.53. The molecule has 5 nitrogen and oxygen atoms in total. The fraction of sp³-hybridized carbons (Fsp3) is 0.524. The Hall–Kier alpha value is -2.51. The predicted octanol–water partition coefficient (Wildman–Crippen LogP) is 4.98. The van der Waals surface area contributed by atoms with E-state index in [2.05, 4.69) is 16.8 Å². The zero-order valence-corrected chi connectivity index (χ0v) is 16.8. The Balaban J connectivity index is 1.92. The highest BCUT2D eigenvalue weighted by molar-refractivity contribution is 5.94. The predicted molar refractivity (Wildman–Crippen MR) is 106 cm³/mol. The summed E-state index contributed by atoms with van der Waals surface area (Å²) in [6.45, 7) is 7.15. The molecule has 2 aromatic rings. The van der Waals surface area contributed by atoms with Gasteiger partial charge < -0.3 is 15.4 Å². The van der Waals surface area contributed by atoms with Gasteiger partial charge in [0.15, 0.2) is 0 Å². The van der Waals surface area contributed by atoms with E-state index in [0.29, 0.717) is 24.3 Å². The van der Waals surface area contributed by atoms with Gasteiger partial charge in [0.25, 0.3) is 0 Å². The zero-order valence-electron chi connectivity index (χ0n) is 16.8. The Morgan fingerprint density at radius 3 is 2.66 bits per heavy atom. The van der Waals surface area contributed by atoms with Crippen molar-refractivity contribution in [3.05, 3.63) is 36.0 Å². The number of benzene rings is 1. The smallest absolute Gasteiger partial charge is 0.418 e. The first-order chi connectivity index (χ1) is 13.5. The van der Waals surface area contributed by atoms with Gasteiger partial charge in [-0.25, -0.2) is 4.79 Å². The SMILES string of the molecule is C[C@H]1C[C@H](CC(C)(C)OC(N)=O)CN(c2ccc(C(F)(F)F)c3ncccc23)C1. The lowest BCUT2D eigenvalue weighted by molar-refractivity contribution is -0.136. The number of carbonyl (C=O) groups excluding carboxylic acids is 1. The lowest BCUT2D eigenvalue weighted by Crippen LogP contribution is -2.43. The average molecular weight is 409 g/mol. The second-order valence-corrected chi connectivity index (χ2v) is 8.53. The van der Waals surface area contributed by atoms with Crippen LogP contribution in [0.15, 0.2) is 30.5 Å². The summed E-state index contributed by atoms with van der Waals surface area (Å²) < 4.78 is 45.4. The van der Waals surface area contributed by atoms with E-state index in [9.17, 15) is 18.0 Å². The number of ether oxygens (including phenoxy) is 1. The topological polar surface area (TPSA) is 68.5 Å². The maximum Gasteiger partial charge on any atom is 0.418 e. The number of primary amides is 1. The van der Waals surface area contributed by atoms with Gasteiger partial charge in [-0.05, 0) is 62.8 Å².